The van der Waals surface area contributed by atoms with Crippen molar-refractivity contribution in [2.24, 2.45) is 0 Å². The van der Waals surface area contributed by atoms with Crippen molar-refractivity contribution < 1.29 is 18.3 Å². The lowest BCUT2D eigenvalue weighted by molar-refractivity contribution is -0.0498. The first-order valence-corrected chi connectivity index (χ1v) is 8.87. The van der Waals surface area contributed by atoms with Gasteiger partial charge in [-0.05, 0) is 35.4 Å². The molecular weight excluding hydrogens is 374 g/mol. The number of hydrogen-bond donors (Lipinski definition) is 0. The Hall–Kier alpha value is -3.72. The quantitative estimate of drug-likeness (QED) is 0.587. The minimum Gasteiger partial charge on any atom is -0.435 e. The van der Waals surface area contributed by atoms with Gasteiger partial charge in [-0.15, -0.1) is 0 Å². The molecule has 4 nitrogen and oxygen atoms in total. The molecule has 0 fully saturated rings. The van der Waals surface area contributed by atoms with E-state index in [1.54, 1.807) is 43.4 Å². The van der Waals surface area contributed by atoms with Gasteiger partial charge < -0.3 is 9.64 Å². The van der Waals surface area contributed by atoms with Crippen LogP contribution < -0.4 is 4.74 Å². The van der Waals surface area contributed by atoms with Gasteiger partial charge in [-0.3, -0.25) is 4.79 Å². The lowest BCUT2D eigenvalue weighted by Gasteiger charge is -2.20. The summed E-state index contributed by atoms with van der Waals surface area (Å²) >= 11 is 0. The summed E-state index contributed by atoms with van der Waals surface area (Å²) in [5.74, 6) is -0.141. The molecule has 29 heavy (non-hydrogen) atoms. The van der Waals surface area contributed by atoms with E-state index in [0.29, 0.717) is 28.8 Å². The highest BCUT2D eigenvalue weighted by molar-refractivity contribution is 6.01. The van der Waals surface area contributed by atoms with E-state index in [0.717, 1.165) is 5.56 Å². The van der Waals surface area contributed by atoms with Crippen LogP contribution in [-0.4, -0.2) is 24.5 Å². The van der Waals surface area contributed by atoms with Crippen LogP contribution in [-0.2, 0) is 6.54 Å². The summed E-state index contributed by atoms with van der Waals surface area (Å²) in [5, 5.41) is 9.39. The van der Waals surface area contributed by atoms with Gasteiger partial charge in [-0.25, -0.2) is 0 Å². The molecule has 0 bridgehead atoms. The van der Waals surface area contributed by atoms with E-state index >= 15 is 0 Å². The predicted molar refractivity (Wildman–Crippen MR) is 105 cm³/mol. The molecule has 1 amide bonds. The van der Waals surface area contributed by atoms with Crippen LogP contribution in [0.1, 0.15) is 21.5 Å². The Labute approximate surface area is 167 Å². The molecule has 0 heterocycles. The first-order valence-electron chi connectivity index (χ1n) is 8.87. The Balaban J connectivity index is 1.83. The Bertz CT molecular complexity index is 1040. The van der Waals surface area contributed by atoms with Crippen LogP contribution in [0.15, 0.2) is 72.8 Å². The average Bonchev–Trinajstić information content (AvgIpc) is 2.74. The van der Waals surface area contributed by atoms with Crippen LogP contribution in [0.25, 0.3) is 11.1 Å². The molecule has 0 aliphatic rings. The van der Waals surface area contributed by atoms with E-state index in [1.165, 1.54) is 17.0 Å². The monoisotopic (exact) mass is 392 g/mol. The van der Waals surface area contributed by atoms with E-state index in [1.807, 2.05) is 24.3 Å². The molecule has 0 radical (unpaired) electrons. The Morgan fingerprint density at radius 3 is 2.28 bits per heavy atom. The Morgan fingerprint density at radius 2 is 1.62 bits per heavy atom. The standard InChI is InChI=1S/C23H18F2N2O2/c1-27(15-16-10-12-18(13-11-16)29-23(24)25)22(28)21-9-5-4-8-20(21)19-7-3-2-6-17(19)14-26/h2-13,23H,15H2,1H3. The summed E-state index contributed by atoms with van der Waals surface area (Å²) in [4.78, 5) is 14.6. The van der Waals surface area contributed by atoms with Crippen molar-refractivity contribution in [1.82, 2.24) is 4.90 Å². The van der Waals surface area contributed by atoms with E-state index in [-0.39, 0.29) is 11.7 Å². The van der Waals surface area contributed by atoms with Crippen molar-refractivity contribution in [3.05, 3.63) is 89.5 Å². The van der Waals surface area contributed by atoms with Gasteiger partial charge in [0.05, 0.1) is 11.6 Å². The number of hydrogen-bond acceptors (Lipinski definition) is 3. The van der Waals surface area contributed by atoms with E-state index < -0.39 is 6.61 Å². The van der Waals surface area contributed by atoms with E-state index in [2.05, 4.69) is 10.8 Å². The van der Waals surface area contributed by atoms with Gasteiger partial charge in [-0.1, -0.05) is 48.5 Å². The Morgan fingerprint density at radius 1 is 1.00 bits per heavy atom. The van der Waals surface area contributed by atoms with Crippen molar-refractivity contribution >= 4 is 5.91 Å². The first kappa shape index (κ1) is 20.0. The number of rotatable bonds is 6. The summed E-state index contributed by atoms with van der Waals surface area (Å²) in [6.07, 6.45) is 0. The number of alkyl halides is 2. The number of nitrogens with zero attached hydrogens (tertiary/aromatic N) is 2. The lowest BCUT2D eigenvalue weighted by atomic mass is 9.95. The zero-order valence-electron chi connectivity index (χ0n) is 15.7. The summed E-state index contributed by atoms with van der Waals surface area (Å²) in [7, 11) is 1.67. The van der Waals surface area contributed by atoms with Gasteiger partial charge in [0.2, 0.25) is 0 Å². The van der Waals surface area contributed by atoms with Crippen molar-refractivity contribution in [1.29, 1.82) is 5.26 Å². The first-order chi connectivity index (χ1) is 14.0. The van der Waals surface area contributed by atoms with Crippen molar-refractivity contribution in [3.63, 3.8) is 0 Å². The van der Waals surface area contributed by atoms with Crippen LogP contribution in [0.4, 0.5) is 8.78 Å². The SMILES string of the molecule is CN(Cc1ccc(OC(F)F)cc1)C(=O)c1ccccc1-c1ccccc1C#N. The number of amides is 1. The smallest absolute Gasteiger partial charge is 0.387 e. The van der Waals surface area contributed by atoms with Crippen molar-refractivity contribution in [3.8, 4) is 22.9 Å². The zero-order valence-corrected chi connectivity index (χ0v) is 15.7. The minimum atomic E-state index is -2.88. The second-order valence-corrected chi connectivity index (χ2v) is 6.39. The molecule has 0 N–H and O–H groups in total. The van der Waals surface area contributed by atoms with Gasteiger partial charge in [0.15, 0.2) is 0 Å². The van der Waals surface area contributed by atoms with Gasteiger partial charge >= 0.3 is 6.61 Å². The second-order valence-electron chi connectivity index (χ2n) is 6.39. The molecule has 0 spiro atoms. The molecular formula is C23H18F2N2O2. The van der Waals surface area contributed by atoms with Crippen LogP contribution >= 0.6 is 0 Å². The molecule has 3 rings (SSSR count). The van der Waals surface area contributed by atoms with Gasteiger partial charge in [0, 0.05) is 24.7 Å². The Kier molecular flexibility index (Phi) is 6.20. The van der Waals surface area contributed by atoms with Crippen LogP contribution in [0.2, 0.25) is 0 Å². The molecule has 3 aromatic rings. The third-order valence-corrected chi connectivity index (χ3v) is 4.41. The molecule has 0 aliphatic carbocycles. The van der Waals surface area contributed by atoms with E-state index in [4.69, 9.17) is 0 Å². The van der Waals surface area contributed by atoms with Gasteiger partial charge in [0.25, 0.3) is 5.91 Å². The zero-order chi connectivity index (χ0) is 20.8. The number of carbonyl (C=O) groups is 1. The number of benzene rings is 3. The van der Waals surface area contributed by atoms with Gasteiger partial charge in [0.1, 0.15) is 5.75 Å². The fraction of sp³-hybridized carbons (Fsp3) is 0.130. The molecule has 0 saturated heterocycles. The fourth-order valence-corrected chi connectivity index (χ4v) is 3.05. The third kappa shape index (κ3) is 4.77. The topological polar surface area (TPSA) is 53.3 Å². The molecule has 0 saturated carbocycles. The maximum atomic E-state index is 13.1. The lowest BCUT2D eigenvalue weighted by Crippen LogP contribution is -2.26. The molecule has 3 aromatic carbocycles. The van der Waals surface area contributed by atoms with Crippen molar-refractivity contribution in [2.75, 3.05) is 7.05 Å². The summed E-state index contributed by atoms with van der Waals surface area (Å²) in [6, 6.07) is 22.6. The number of carbonyl (C=O) groups excluding carboxylic acids is 1. The highest BCUT2D eigenvalue weighted by atomic mass is 19.3. The van der Waals surface area contributed by atoms with Crippen LogP contribution in [0, 0.1) is 11.3 Å². The maximum absolute atomic E-state index is 13.1. The normalized spacial score (nSPS) is 10.4. The predicted octanol–water partition coefficient (Wildman–Crippen LogP) is 5.10. The highest BCUT2D eigenvalue weighted by Gasteiger charge is 2.18. The summed E-state index contributed by atoms with van der Waals surface area (Å²) < 4.78 is 28.9. The average molecular weight is 392 g/mol. The molecule has 0 aliphatic heterocycles. The van der Waals surface area contributed by atoms with Gasteiger partial charge in [-0.2, -0.15) is 14.0 Å². The van der Waals surface area contributed by atoms with E-state index in [9.17, 15) is 18.8 Å². The minimum absolute atomic E-state index is 0.0659. The van der Waals surface area contributed by atoms with Crippen molar-refractivity contribution in [2.45, 2.75) is 13.2 Å². The summed E-state index contributed by atoms with van der Waals surface area (Å²) in [6.45, 7) is -2.58. The maximum Gasteiger partial charge on any atom is 0.387 e. The molecule has 146 valence electrons. The summed E-state index contributed by atoms with van der Waals surface area (Å²) in [5.41, 5.74) is 3.13. The number of halogens is 2. The van der Waals surface area contributed by atoms with Crippen LogP contribution in [0.5, 0.6) is 5.75 Å². The molecule has 0 atom stereocenters. The number of ether oxygens (including phenoxy) is 1. The third-order valence-electron chi connectivity index (χ3n) is 4.41. The largest absolute Gasteiger partial charge is 0.435 e. The molecule has 6 heteroatoms. The number of nitriles is 1. The van der Waals surface area contributed by atoms with Crippen LogP contribution in [0.3, 0.4) is 0 Å². The fourth-order valence-electron chi connectivity index (χ4n) is 3.05. The molecule has 0 unspecified atom stereocenters. The second kappa shape index (κ2) is 8.98. The molecule has 0 aromatic heterocycles. The highest BCUT2D eigenvalue weighted by Crippen LogP contribution is 2.28.